The van der Waals surface area contributed by atoms with E-state index in [-0.39, 0.29) is 56.0 Å². The number of ketones is 1. The van der Waals surface area contributed by atoms with Crippen LogP contribution in [0.25, 0.3) is 0 Å². The number of unbranched alkanes of at least 4 members (excludes halogenated alkanes) is 2. The first-order valence-corrected chi connectivity index (χ1v) is 26.8. The molecule has 352 valence electrons. The third kappa shape index (κ3) is 20.1. The topological polar surface area (TPSA) is 152 Å². The summed E-state index contributed by atoms with van der Waals surface area (Å²) in [6, 6.07) is 20.5. The average molecular weight is 1040 g/mol. The zero-order valence-corrected chi connectivity index (χ0v) is 42.3. The Labute approximate surface area is 397 Å². The van der Waals surface area contributed by atoms with E-state index in [9.17, 15) is 14.4 Å². The van der Waals surface area contributed by atoms with Crippen molar-refractivity contribution in [2.45, 2.75) is 101 Å². The van der Waals surface area contributed by atoms with Gasteiger partial charge < -0.3 is 48.5 Å². The van der Waals surface area contributed by atoms with Crippen LogP contribution in [0.3, 0.4) is 0 Å². The Balaban J connectivity index is 1.03. The number of nitrogens with one attached hydrogen (secondary N) is 3. The Bertz CT molecular complexity index is 1630. The second-order valence-corrected chi connectivity index (χ2v) is 22.3. The summed E-state index contributed by atoms with van der Waals surface area (Å²) in [7, 11) is -3.33. The molecule has 13 nitrogen and oxygen atoms in total. The number of halogens is 2. The maximum Gasteiger partial charge on any atom is 0.407 e. The molecule has 63 heavy (non-hydrogen) atoms. The minimum atomic E-state index is -3.33. The zero-order valence-electron chi connectivity index (χ0n) is 37.3. The Morgan fingerprint density at radius 1 is 0.730 bits per heavy atom. The lowest BCUT2D eigenvalue weighted by molar-refractivity contribution is -0.123. The number of carbonyl (C=O) groups excluding carboxylic acids is 3. The zero-order chi connectivity index (χ0) is 45.2. The number of hydrogen-bond donors (Lipinski definition) is 3. The van der Waals surface area contributed by atoms with E-state index in [1.54, 1.807) is 0 Å². The van der Waals surface area contributed by atoms with Crippen molar-refractivity contribution in [2.24, 2.45) is 0 Å². The van der Waals surface area contributed by atoms with Crippen LogP contribution in [-0.4, -0.2) is 134 Å². The summed E-state index contributed by atoms with van der Waals surface area (Å²) in [5, 5.41) is 11.4. The SMILES string of the molecule is CCCCOC/C(Br)=C(\Br)CO[Si](OC(C)(C)CNC(=O)CCOCCOCCOCCOCCCC(=O)CCCC[C@@H]1SC[C@@H]2NC(=O)N[C@@H]21)(c1ccccc1)c1ccccc1. The lowest BCUT2D eigenvalue weighted by Crippen LogP contribution is -2.67. The Hall–Kier alpha value is -2.16. The number of hydrogen-bond acceptors (Lipinski definition) is 11. The van der Waals surface area contributed by atoms with Gasteiger partial charge in [-0.05, 0) is 49.9 Å². The Morgan fingerprint density at radius 3 is 1.94 bits per heavy atom. The van der Waals surface area contributed by atoms with E-state index in [1.165, 1.54) is 0 Å². The van der Waals surface area contributed by atoms with Crippen LogP contribution in [0.4, 0.5) is 4.79 Å². The molecule has 0 spiro atoms. The van der Waals surface area contributed by atoms with Crippen LogP contribution >= 0.6 is 43.6 Å². The number of ether oxygens (including phenoxy) is 5. The first-order valence-electron chi connectivity index (χ1n) is 22.4. The van der Waals surface area contributed by atoms with Crippen LogP contribution in [0, 0.1) is 0 Å². The molecule has 0 radical (unpaired) electrons. The van der Waals surface area contributed by atoms with Crippen LogP contribution in [-0.2, 0) is 42.1 Å². The average Bonchev–Trinajstić information content (AvgIpc) is 3.85. The monoisotopic (exact) mass is 1040 g/mol. The number of amides is 3. The quantitative estimate of drug-likeness (QED) is 0.0394. The number of Topliss-reactive ketones (excluding diaryl/α,β-unsaturated/α-hetero) is 1. The van der Waals surface area contributed by atoms with E-state index in [0.717, 1.165) is 57.2 Å². The maximum absolute atomic E-state index is 12.9. The molecule has 2 aromatic rings. The van der Waals surface area contributed by atoms with Gasteiger partial charge in [0, 0.05) is 59.0 Å². The van der Waals surface area contributed by atoms with Crippen LogP contribution in [0.5, 0.6) is 0 Å². The lowest BCUT2D eigenvalue weighted by Gasteiger charge is -2.39. The summed E-state index contributed by atoms with van der Waals surface area (Å²) in [4.78, 5) is 36.7. The normalized spacial score (nSPS) is 17.9. The fourth-order valence-corrected chi connectivity index (χ4v) is 12.8. The largest absolute Gasteiger partial charge is 0.407 e. The molecule has 0 unspecified atom stereocenters. The Morgan fingerprint density at radius 2 is 1.30 bits per heavy atom. The molecule has 2 aromatic carbocycles. The van der Waals surface area contributed by atoms with Gasteiger partial charge in [-0.1, -0.05) is 112 Å². The molecule has 0 bridgehead atoms. The van der Waals surface area contributed by atoms with Crippen LogP contribution < -0.4 is 26.3 Å². The maximum atomic E-state index is 12.9. The van der Waals surface area contributed by atoms with E-state index in [4.69, 9.17) is 32.5 Å². The molecule has 3 amide bonds. The lowest BCUT2D eigenvalue weighted by atomic mass is 10.0. The molecular weight excluding hydrogens is 974 g/mol. The molecule has 3 atom stereocenters. The molecule has 17 heteroatoms. The second-order valence-electron chi connectivity index (χ2n) is 16.2. The molecule has 2 aliphatic heterocycles. The molecule has 2 saturated heterocycles. The molecule has 2 aliphatic rings. The summed E-state index contributed by atoms with van der Waals surface area (Å²) < 4.78 is 44.0. The van der Waals surface area contributed by atoms with E-state index in [0.29, 0.717) is 84.0 Å². The highest BCUT2D eigenvalue weighted by Crippen LogP contribution is 2.33. The van der Waals surface area contributed by atoms with Gasteiger partial charge in [-0.15, -0.1) is 0 Å². The van der Waals surface area contributed by atoms with E-state index in [1.807, 2.05) is 86.3 Å². The minimum Gasteiger partial charge on any atom is -0.383 e. The standard InChI is InChI=1S/C46H69Br2N3O10SSi/c1-4-5-23-59-32-39(47)40(48)33-60-63(37-17-8-6-9-18-37,38-19-10-7-11-20-38)61-46(2,3)35-49-43(53)22-25-56-27-29-58-31-30-57-28-26-55-24-14-16-36(52)15-12-13-21-42-44-41(34-62-42)50-45(54)51-44/h6-11,17-20,41-42,44H,4-5,12-16,21-35H2,1-3H3,(H,49,53)(H2,50,51,54)/b40-39+/t41-,42-,44-/m0/s1. The molecule has 0 aromatic heterocycles. The molecule has 0 saturated carbocycles. The van der Waals surface area contributed by atoms with Crippen molar-refractivity contribution in [1.82, 2.24) is 16.0 Å². The number of benzene rings is 2. The Kier molecular flexibility index (Phi) is 25.6. The van der Waals surface area contributed by atoms with Crippen molar-refractivity contribution in [3.8, 4) is 0 Å². The van der Waals surface area contributed by atoms with Crippen molar-refractivity contribution in [3.05, 3.63) is 69.6 Å². The van der Waals surface area contributed by atoms with Crippen molar-refractivity contribution in [2.75, 3.05) is 85.0 Å². The summed E-state index contributed by atoms with van der Waals surface area (Å²) in [5.74, 6) is 1.11. The molecule has 0 aliphatic carbocycles. The van der Waals surface area contributed by atoms with Gasteiger partial charge in [0.25, 0.3) is 0 Å². The van der Waals surface area contributed by atoms with Crippen LogP contribution in [0.1, 0.15) is 78.6 Å². The predicted molar refractivity (Wildman–Crippen MR) is 259 cm³/mol. The smallest absolute Gasteiger partial charge is 0.383 e. The number of urea groups is 1. The van der Waals surface area contributed by atoms with Crippen molar-refractivity contribution in [1.29, 1.82) is 0 Å². The van der Waals surface area contributed by atoms with Gasteiger partial charge in [0.1, 0.15) is 5.78 Å². The molecule has 4 rings (SSSR count). The van der Waals surface area contributed by atoms with Gasteiger partial charge in [0.05, 0.1) is 77.1 Å². The highest BCUT2D eigenvalue weighted by atomic mass is 79.9. The van der Waals surface area contributed by atoms with E-state index >= 15 is 0 Å². The fourth-order valence-electron chi connectivity index (χ4n) is 7.08. The summed E-state index contributed by atoms with van der Waals surface area (Å²) >= 11 is 9.30. The van der Waals surface area contributed by atoms with Crippen molar-refractivity contribution in [3.63, 3.8) is 0 Å². The number of rotatable bonds is 35. The van der Waals surface area contributed by atoms with E-state index < -0.39 is 14.2 Å². The second kappa shape index (κ2) is 30.2. The molecular formula is C46H69Br2N3O10SSi. The third-order valence-electron chi connectivity index (χ3n) is 10.5. The fraction of sp³-hybridized carbons (Fsp3) is 0.630. The predicted octanol–water partition coefficient (Wildman–Crippen LogP) is 6.52. The first kappa shape index (κ1) is 53.5. The highest BCUT2D eigenvalue weighted by molar-refractivity contribution is 9.14. The van der Waals surface area contributed by atoms with E-state index in [2.05, 4.69) is 54.7 Å². The van der Waals surface area contributed by atoms with Crippen LogP contribution in [0.15, 0.2) is 69.6 Å². The van der Waals surface area contributed by atoms with Gasteiger partial charge in [-0.2, -0.15) is 11.8 Å². The summed E-state index contributed by atoms with van der Waals surface area (Å²) in [6.07, 6.45) is 7.05. The molecule has 3 N–H and O–H groups in total. The van der Waals surface area contributed by atoms with Crippen molar-refractivity contribution >= 4 is 80.3 Å². The van der Waals surface area contributed by atoms with Gasteiger partial charge in [-0.25, -0.2) is 4.79 Å². The van der Waals surface area contributed by atoms with Crippen LogP contribution in [0.2, 0.25) is 0 Å². The molecule has 2 heterocycles. The summed E-state index contributed by atoms with van der Waals surface area (Å²) in [6.45, 7) is 11.1. The summed E-state index contributed by atoms with van der Waals surface area (Å²) in [5.41, 5.74) is -0.788. The van der Waals surface area contributed by atoms with Gasteiger partial charge in [0.15, 0.2) is 0 Å². The van der Waals surface area contributed by atoms with Gasteiger partial charge in [-0.3, -0.25) is 9.59 Å². The highest BCUT2D eigenvalue weighted by Gasteiger charge is 2.47. The van der Waals surface area contributed by atoms with Gasteiger partial charge in [0.2, 0.25) is 5.91 Å². The van der Waals surface area contributed by atoms with Crippen molar-refractivity contribution < 1.29 is 46.9 Å². The first-order chi connectivity index (χ1) is 30.5. The minimum absolute atomic E-state index is 0.0574. The molecule has 2 fully saturated rings. The van der Waals surface area contributed by atoms with Gasteiger partial charge >= 0.3 is 14.6 Å². The third-order valence-corrected chi connectivity index (χ3v) is 17.5. The number of carbonyl (C=O) groups is 3. The number of fused-ring (bicyclic) bond motifs is 1. The number of thioether (sulfide) groups is 1.